The summed E-state index contributed by atoms with van der Waals surface area (Å²) in [5.74, 6) is -0.343. The van der Waals surface area contributed by atoms with E-state index in [9.17, 15) is 9.59 Å². The predicted molar refractivity (Wildman–Crippen MR) is 81.9 cm³/mol. The van der Waals surface area contributed by atoms with Crippen molar-refractivity contribution in [2.75, 3.05) is 6.54 Å². The zero-order valence-electron chi connectivity index (χ0n) is 13.3. The lowest BCUT2D eigenvalue weighted by molar-refractivity contribution is -0.143. The minimum Gasteiger partial charge on any atom is -0.481 e. The van der Waals surface area contributed by atoms with Gasteiger partial charge in [-0.2, -0.15) is 4.98 Å². The van der Waals surface area contributed by atoms with Crippen LogP contribution in [0.5, 0.6) is 0 Å². The van der Waals surface area contributed by atoms with Crippen molar-refractivity contribution in [2.45, 2.75) is 38.6 Å². The van der Waals surface area contributed by atoms with E-state index in [2.05, 4.69) is 10.1 Å². The number of furan rings is 1. The number of aromatic nitrogens is 2. The zero-order valence-corrected chi connectivity index (χ0v) is 13.3. The van der Waals surface area contributed by atoms with Gasteiger partial charge in [0, 0.05) is 25.4 Å². The van der Waals surface area contributed by atoms with Crippen LogP contribution in [0.2, 0.25) is 0 Å². The van der Waals surface area contributed by atoms with Gasteiger partial charge in [0.25, 0.3) is 0 Å². The normalized spacial score (nSPS) is 15.2. The summed E-state index contributed by atoms with van der Waals surface area (Å²) in [5, 5.41) is 12.9. The summed E-state index contributed by atoms with van der Waals surface area (Å²) in [6.45, 7) is 1.85. The largest absolute Gasteiger partial charge is 0.481 e. The Balaban J connectivity index is 1.56. The lowest BCUT2D eigenvalue weighted by Crippen LogP contribution is -2.38. The molecule has 0 aromatic carbocycles. The molecule has 0 spiro atoms. The van der Waals surface area contributed by atoms with Gasteiger partial charge in [-0.05, 0) is 25.0 Å². The van der Waals surface area contributed by atoms with Gasteiger partial charge < -0.3 is 18.9 Å². The Bertz CT molecular complexity index is 705. The van der Waals surface area contributed by atoms with Gasteiger partial charge in [0.05, 0.1) is 12.2 Å². The van der Waals surface area contributed by atoms with Gasteiger partial charge in [0.2, 0.25) is 17.6 Å². The lowest BCUT2D eigenvalue weighted by atomic mass is 10.1. The summed E-state index contributed by atoms with van der Waals surface area (Å²) in [5.41, 5.74) is 0. The van der Waals surface area contributed by atoms with Crippen molar-refractivity contribution in [1.29, 1.82) is 0 Å². The molecule has 0 radical (unpaired) electrons. The number of aliphatic carboxylic acids is 1. The molecule has 8 heteroatoms. The molecule has 1 amide bonds. The van der Waals surface area contributed by atoms with Crippen molar-refractivity contribution in [2.24, 2.45) is 5.92 Å². The van der Waals surface area contributed by atoms with Gasteiger partial charge in [0.1, 0.15) is 0 Å². The van der Waals surface area contributed by atoms with E-state index >= 15 is 0 Å². The second-order valence-electron chi connectivity index (χ2n) is 6.01. The van der Waals surface area contributed by atoms with Crippen molar-refractivity contribution in [3.8, 4) is 11.6 Å². The van der Waals surface area contributed by atoms with Crippen molar-refractivity contribution in [3.05, 3.63) is 24.3 Å². The molecule has 128 valence electrons. The lowest BCUT2D eigenvalue weighted by Gasteiger charge is -2.24. The summed E-state index contributed by atoms with van der Waals surface area (Å²) >= 11 is 0. The van der Waals surface area contributed by atoms with Crippen LogP contribution in [-0.4, -0.2) is 44.6 Å². The Labute approximate surface area is 138 Å². The third-order valence-electron chi connectivity index (χ3n) is 3.96. The molecule has 24 heavy (non-hydrogen) atoms. The van der Waals surface area contributed by atoms with E-state index in [1.807, 2.05) is 0 Å². The first-order chi connectivity index (χ1) is 11.5. The molecule has 1 fully saturated rings. The third-order valence-corrected chi connectivity index (χ3v) is 3.96. The summed E-state index contributed by atoms with van der Waals surface area (Å²) < 4.78 is 10.3. The number of rotatable bonds is 8. The smallest absolute Gasteiger partial charge is 0.308 e. The van der Waals surface area contributed by atoms with Gasteiger partial charge in [-0.25, -0.2) is 0 Å². The molecular formula is C16H19N3O5. The molecule has 0 bridgehead atoms. The second kappa shape index (κ2) is 6.86. The van der Waals surface area contributed by atoms with Gasteiger partial charge in [0.15, 0.2) is 5.76 Å². The van der Waals surface area contributed by atoms with Crippen LogP contribution in [0.1, 0.15) is 32.1 Å². The summed E-state index contributed by atoms with van der Waals surface area (Å²) in [4.78, 5) is 29.3. The van der Waals surface area contributed by atoms with E-state index in [0.29, 0.717) is 23.9 Å². The first-order valence-electron chi connectivity index (χ1n) is 7.93. The molecule has 1 aliphatic carbocycles. The highest BCUT2D eigenvalue weighted by molar-refractivity contribution is 5.78. The second-order valence-corrected chi connectivity index (χ2v) is 6.01. The molecule has 0 unspecified atom stereocenters. The molecule has 8 nitrogen and oxygen atoms in total. The fourth-order valence-corrected chi connectivity index (χ4v) is 2.43. The Morgan fingerprint density at radius 1 is 1.46 bits per heavy atom. The Hall–Kier alpha value is -2.64. The molecule has 2 aromatic rings. The van der Waals surface area contributed by atoms with Crippen LogP contribution in [-0.2, 0) is 16.0 Å². The van der Waals surface area contributed by atoms with Crippen LogP contribution in [0.15, 0.2) is 27.3 Å². The molecule has 3 rings (SSSR count). The Morgan fingerprint density at radius 2 is 2.25 bits per heavy atom. The monoisotopic (exact) mass is 333 g/mol. The fourth-order valence-electron chi connectivity index (χ4n) is 2.43. The zero-order chi connectivity index (χ0) is 17.1. The first kappa shape index (κ1) is 16.2. The van der Waals surface area contributed by atoms with Gasteiger partial charge in [-0.15, -0.1) is 0 Å². The standard InChI is InChI=1S/C16H19N3O5/c1-10(16(21)22)9-19(11-4-5-11)14(20)7-6-13-17-15(18-24-13)12-3-2-8-23-12/h2-3,8,10-11H,4-7,9H2,1H3,(H,21,22)/t10-/m0/s1. The SMILES string of the molecule is C[C@@H](CN(C(=O)CCc1nc(-c2ccco2)no1)C1CC1)C(=O)O. The Kier molecular flexibility index (Phi) is 4.64. The van der Waals surface area contributed by atoms with Gasteiger partial charge in [-0.1, -0.05) is 12.1 Å². The fraction of sp³-hybridized carbons (Fsp3) is 0.500. The highest BCUT2D eigenvalue weighted by Gasteiger charge is 2.34. The number of carboxylic acids is 1. The topological polar surface area (TPSA) is 110 Å². The van der Waals surface area contributed by atoms with Crippen LogP contribution in [0, 0.1) is 5.92 Å². The third kappa shape index (κ3) is 3.81. The van der Waals surface area contributed by atoms with E-state index in [1.165, 1.54) is 6.26 Å². The molecule has 0 saturated heterocycles. The maximum atomic E-state index is 12.4. The van der Waals surface area contributed by atoms with Crippen LogP contribution >= 0.6 is 0 Å². The van der Waals surface area contributed by atoms with Gasteiger partial charge >= 0.3 is 5.97 Å². The average Bonchev–Trinajstić information content (AvgIpc) is 3.06. The molecule has 2 aromatic heterocycles. The quantitative estimate of drug-likeness (QED) is 0.786. The van der Waals surface area contributed by atoms with E-state index in [1.54, 1.807) is 24.0 Å². The maximum absolute atomic E-state index is 12.4. The van der Waals surface area contributed by atoms with Crippen molar-refractivity contribution >= 4 is 11.9 Å². The molecule has 2 heterocycles. The minimum atomic E-state index is -0.895. The Morgan fingerprint density at radius 3 is 2.88 bits per heavy atom. The van der Waals surface area contributed by atoms with Crippen molar-refractivity contribution < 1.29 is 23.6 Å². The number of hydrogen-bond donors (Lipinski definition) is 1. The van der Waals surface area contributed by atoms with Crippen LogP contribution < -0.4 is 0 Å². The predicted octanol–water partition coefficient (Wildman–Crippen LogP) is 1.97. The van der Waals surface area contributed by atoms with Crippen molar-refractivity contribution in [1.82, 2.24) is 15.0 Å². The number of carbonyl (C=O) groups is 2. The van der Waals surface area contributed by atoms with E-state index < -0.39 is 11.9 Å². The van der Waals surface area contributed by atoms with Crippen LogP contribution in [0.25, 0.3) is 11.6 Å². The maximum Gasteiger partial charge on any atom is 0.308 e. The average molecular weight is 333 g/mol. The molecule has 1 N–H and O–H groups in total. The number of carbonyl (C=O) groups excluding carboxylic acids is 1. The summed E-state index contributed by atoms with van der Waals surface area (Å²) in [7, 11) is 0. The molecular weight excluding hydrogens is 314 g/mol. The molecule has 1 saturated carbocycles. The van der Waals surface area contributed by atoms with Crippen LogP contribution in [0.3, 0.4) is 0 Å². The minimum absolute atomic E-state index is 0.0802. The number of nitrogens with zero attached hydrogens (tertiary/aromatic N) is 3. The van der Waals surface area contributed by atoms with E-state index in [0.717, 1.165) is 12.8 Å². The van der Waals surface area contributed by atoms with E-state index in [4.69, 9.17) is 14.0 Å². The molecule has 1 aliphatic rings. The highest BCUT2D eigenvalue weighted by Crippen LogP contribution is 2.28. The summed E-state index contributed by atoms with van der Waals surface area (Å²) in [6, 6.07) is 3.62. The number of hydrogen-bond acceptors (Lipinski definition) is 6. The van der Waals surface area contributed by atoms with Crippen LogP contribution in [0.4, 0.5) is 0 Å². The number of aryl methyl sites for hydroxylation is 1. The molecule has 1 atom stereocenters. The first-order valence-corrected chi connectivity index (χ1v) is 7.93. The number of amides is 1. The van der Waals surface area contributed by atoms with Gasteiger partial charge in [-0.3, -0.25) is 9.59 Å². The number of carboxylic acid groups (broad SMARTS) is 1. The van der Waals surface area contributed by atoms with E-state index in [-0.39, 0.29) is 24.9 Å². The highest BCUT2D eigenvalue weighted by atomic mass is 16.5. The summed E-state index contributed by atoms with van der Waals surface area (Å²) in [6.07, 6.45) is 3.91. The molecule has 0 aliphatic heterocycles. The van der Waals surface area contributed by atoms with Crippen molar-refractivity contribution in [3.63, 3.8) is 0 Å².